The Balaban J connectivity index is 2.10. The van der Waals surface area contributed by atoms with E-state index in [4.69, 9.17) is 4.74 Å². The zero-order chi connectivity index (χ0) is 15.5. The Morgan fingerprint density at radius 2 is 2.29 bits per heavy atom. The van der Waals surface area contributed by atoms with Gasteiger partial charge in [-0.05, 0) is 6.07 Å². The largest absolute Gasteiger partial charge is 0.374 e. The quantitative estimate of drug-likeness (QED) is 0.584. The van der Waals surface area contributed by atoms with Gasteiger partial charge in [-0.2, -0.15) is 0 Å². The van der Waals surface area contributed by atoms with E-state index in [-0.39, 0.29) is 12.6 Å². The van der Waals surface area contributed by atoms with Gasteiger partial charge in [-0.3, -0.25) is 10.1 Å². The lowest BCUT2D eigenvalue weighted by molar-refractivity contribution is -0.385. The highest BCUT2D eigenvalue weighted by molar-refractivity contribution is 7.89. The molecule has 1 unspecified atom stereocenters. The predicted molar refractivity (Wildman–Crippen MR) is 70.9 cm³/mol. The molecule has 1 atom stereocenters. The van der Waals surface area contributed by atoms with Crippen molar-refractivity contribution in [2.24, 2.45) is 0 Å². The van der Waals surface area contributed by atoms with Crippen LogP contribution in [0, 0.1) is 15.9 Å². The van der Waals surface area contributed by atoms with Crippen molar-refractivity contribution in [3.8, 4) is 0 Å². The summed E-state index contributed by atoms with van der Waals surface area (Å²) in [6, 6.07) is 2.39. The number of sulfonamides is 1. The van der Waals surface area contributed by atoms with Crippen LogP contribution in [-0.2, 0) is 14.8 Å². The van der Waals surface area contributed by atoms with Crippen LogP contribution in [0.5, 0.6) is 0 Å². The Kier molecular flexibility index (Phi) is 4.83. The van der Waals surface area contributed by atoms with Gasteiger partial charge >= 0.3 is 0 Å². The fourth-order valence-corrected chi connectivity index (χ4v) is 2.98. The second-order valence-electron chi connectivity index (χ2n) is 4.42. The van der Waals surface area contributed by atoms with E-state index in [1.54, 1.807) is 0 Å². The molecule has 0 amide bonds. The molecular weight excluding hydrogens is 305 g/mol. The van der Waals surface area contributed by atoms with Gasteiger partial charge in [0.2, 0.25) is 10.0 Å². The first-order valence-electron chi connectivity index (χ1n) is 6.16. The number of hydrogen-bond donors (Lipinski definition) is 2. The maximum Gasteiger partial charge on any atom is 0.272 e. The molecule has 1 aromatic rings. The molecule has 8 nitrogen and oxygen atoms in total. The van der Waals surface area contributed by atoms with Gasteiger partial charge in [0.05, 0.1) is 23.7 Å². The van der Waals surface area contributed by atoms with Crippen LogP contribution in [0.3, 0.4) is 0 Å². The molecule has 1 aliphatic heterocycles. The van der Waals surface area contributed by atoms with Crippen molar-refractivity contribution in [2.75, 3.05) is 26.2 Å². The topological polar surface area (TPSA) is 111 Å². The van der Waals surface area contributed by atoms with E-state index < -0.39 is 31.3 Å². The van der Waals surface area contributed by atoms with E-state index in [9.17, 15) is 22.9 Å². The molecule has 10 heteroatoms. The third-order valence-electron chi connectivity index (χ3n) is 2.92. The van der Waals surface area contributed by atoms with Gasteiger partial charge in [-0.15, -0.1) is 0 Å². The Labute approximate surface area is 120 Å². The molecule has 1 heterocycles. The summed E-state index contributed by atoms with van der Waals surface area (Å²) in [7, 11) is -4.09. The summed E-state index contributed by atoms with van der Waals surface area (Å²) in [5.41, 5.74) is -0.508. The van der Waals surface area contributed by atoms with Crippen molar-refractivity contribution in [2.45, 2.75) is 11.0 Å². The minimum Gasteiger partial charge on any atom is -0.374 e. The molecule has 0 spiro atoms. The minimum atomic E-state index is -4.09. The van der Waals surface area contributed by atoms with Crippen molar-refractivity contribution in [1.29, 1.82) is 0 Å². The molecule has 0 aromatic heterocycles. The van der Waals surface area contributed by atoms with Gasteiger partial charge < -0.3 is 10.1 Å². The number of nitrogens with one attached hydrogen (secondary N) is 2. The van der Waals surface area contributed by atoms with Crippen LogP contribution in [0.25, 0.3) is 0 Å². The Bertz CT molecular complexity index is 631. The number of nitrogens with zero attached hydrogens (tertiary/aromatic N) is 1. The molecule has 0 radical (unpaired) electrons. The summed E-state index contributed by atoms with van der Waals surface area (Å²) in [5.74, 6) is -1.17. The highest BCUT2D eigenvalue weighted by Crippen LogP contribution is 2.20. The molecule has 116 valence electrons. The molecule has 0 aliphatic carbocycles. The fraction of sp³-hybridized carbons (Fsp3) is 0.455. The van der Waals surface area contributed by atoms with Crippen LogP contribution < -0.4 is 10.0 Å². The molecule has 2 N–H and O–H groups in total. The summed E-state index contributed by atoms with van der Waals surface area (Å²) in [6.45, 7) is 1.65. The third-order valence-corrected chi connectivity index (χ3v) is 4.38. The van der Waals surface area contributed by atoms with Crippen molar-refractivity contribution in [1.82, 2.24) is 10.0 Å². The number of nitro groups is 1. The van der Waals surface area contributed by atoms with Crippen molar-refractivity contribution >= 4 is 15.7 Å². The molecular formula is C11H14FN3O5S. The summed E-state index contributed by atoms with van der Waals surface area (Å²) >= 11 is 0. The van der Waals surface area contributed by atoms with Gasteiger partial charge in [0, 0.05) is 25.7 Å². The summed E-state index contributed by atoms with van der Waals surface area (Å²) in [5, 5.41) is 13.5. The lowest BCUT2D eigenvalue weighted by Gasteiger charge is -2.23. The van der Waals surface area contributed by atoms with Crippen LogP contribution in [0.4, 0.5) is 10.1 Å². The molecule has 0 saturated carbocycles. The molecule has 1 fully saturated rings. The number of non-ortho nitro benzene ring substituents is 1. The van der Waals surface area contributed by atoms with Crippen molar-refractivity contribution in [3.05, 3.63) is 34.1 Å². The van der Waals surface area contributed by atoms with Crippen LogP contribution in [0.2, 0.25) is 0 Å². The predicted octanol–water partition coefficient (Wildman–Crippen LogP) is 0.000600. The van der Waals surface area contributed by atoms with Gasteiger partial charge in [-0.25, -0.2) is 17.5 Å². The van der Waals surface area contributed by atoms with Crippen LogP contribution in [0.1, 0.15) is 0 Å². The Hall–Kier alpha value is -1.62. The Morgan fingerprint density at radius 3 is 2.86 bits per heavy atom. The molecule has 2 rings (SSSR count). The molecule has 21 heavy (non-hydrogen) atoms. The molecule has 1 saturated heterocycles. The van der Waals surface area contributed by atoms with Gasteiger partial charge in [0.1, 0.15) is 10.7 Å². The number of rotatable bonds is 5. The summed E-state index contributed by atoms with van der Waals surface area (Å²) < 4.78 is 45.2. The SMILES string of the molecule is O=[N+]([O-])c1ccc(S(=O)(=O)NCC2CNCCO2)c(F)c1. The first kappa shape index (κ1) is 15.8. The van der Waals surface area contributed by atoms with E-state index in [1.165, 1.54) is 0 Å². The fourth-order valence-electron chi connectivity index (χ4n) is 1.85. The monoisotopic (exact) mass is 319 g/mol. The standard InChI is InChI=1S/C11H14FN3O5S/c12-10-5-8(15(16)17)1-2-11(10)21(18,19)14-7-9-6-13-3-4-20-9/h1-2,5,9,13-14H,3-4,6-7H2. The second-order valence-corrected chi connectivity index (χ2v) is 6.16. The minimum absolute atomic E-state index is 0.00817. The number of halogens is 1. The maximum atomic E-state index is 13.7. The van der Waals surface area contributed by atoms with E-state index in [0.29, 0.717) is 25.8 Å². The van der Waals surface area contributed by atoms with E-state index in [0.717, 1.165) is 12.1 Å². The van der Waals surface area contributed by atoms with Crippen molar-refractivity contribution < 1.29 is 22.5 Å². The van der Waals surface area contributed by atoms with Crippen LogP contribution in [-0.4, -0.2) is 45.7 Å². The van der Waals surface area contributed by atoms with Crippen molar-refractivity contribution in [3.63, 3.8) is 0 Å². The Morgan fingerprint density at radius 1 is 1.52 bits per heavy atom. The zero-order valence-electron chi connectivity index (χ0n) is 10.9. The molecule has 1 aromatic carbocycles. The maximum absolute atomic E-state index is 13.7. The second kappa shape index (κ2) is 6.43. The van der Waals surface area contributed by atoms with E-state index in [1.807, 2.05) is 0 Å². The van der Waals surface area contributed by atoms with Gasteiger partial charge in [0.15, 0.2) is 0 Å². The summed E-state index contributed by atoms with van der Waals surface area (Å²) in [6.07, 6.45) is -0.338. The van der Waals surface area contributed by atoms with E-state index in [2.05, 4.69) is 10.0 Å². The average molecular weight is 319 g/mol. The van der Waals surface area contributed by atoms with Crippen LogP contribution >= 0.6 is 0 Å². The number of nitro benzene ring substituents is 1. The highest BCUT2D eigenvalue weighted by atomic mass is 32.2. The number of morpholine rings is 1. The van der Waals surface area contributed by atoms with E-state index >= 15 is 0 Å². The number of ether oxygens (including phenoxy) is 1. The van der Waals surface area contributed by atoms with Crippen LogP contribution in [0.15, 0.2) is 23.1 Å². The zero-order valence-corrected chi connectivity index (χ0v) is 11.7. The van der Waals surface area contributed by atoms with Gasteiger partial charge in [-0.1, -0.05) is 0 Å². The third kappa shape index (κ3) is 3.94. The smallest absolute Gasteiger partial charge is 0.272 e. The normalized spacial score (nSPS) is 19.4. The van der Waals surface area contributed by atoms with Gasteiger partial charge in [0.25, 0.3) is 5.69 Å². The highest BCUT2D eigenvalue weighted by Gasteiger charge is 2.23. The molecule has 1 aliphatic rings. The lowest BCUT2D eigenvalue weighted by Crippen LogP contribution is -2.45. The average Bonchev–Trinajstić information content (AvgIpc) is 2.46. The number of hydrogen-bond acceptors (Lipinski definition) is 6. The summed E-state index contributed by atoms with van der Waals surface area (Å²) in [4.78, 5) is 9.07. The molecule has 0 bridgehead atoms. The number of benzene rings is 1. The first-order valence-corrected chi connectivity index (χ1v) is 7.64. The first-order chi connectivity index (χ1) is 9.90. The lowest BCUT2D eigenvalue weighted by atomic mass is 10.3.